The van der Waals surface area contributed by atoms with Crippen LogP contribution in [0.2, 0.25) is 0 Å². The van der Waals surface area contributed by atoms with Crippen LogP contribution in [0.15, 0.2) is 48.5 Å². The molecule has 5 rings (SSSR count). The second-order valence-electron chi connectivity index (χ2n) is 12.4. The van der Waals surface area contributed by atoms with Crippen LogP contribution in [0.25, 0.3) is 0 Å². The number of aliphatic hydroxyl groups excluding tert-OH is 1. The number of aliphatic hydroxyl groups is 1. The van der Waals surface area contributed by atoms with E-state index in [1.54, 1.807) is 5.48 Å². The molecule has 0 radical (unpaired) electrons. The molecule has 2 amide bonds. The van der Waals surface area contributed by atoms with Crippen LogP contribution in [-0.2, 0) is 25.7 Å². The lowest BCUT2D eigenvalue weighted by Gasteiger charge is -2.39. The quantitative estimate of drug-likeness (QED) is 0.139. The van der Waals surface area contributed by atoms with E-state index in [1.807, 2.05) is 48.5 Å². The Bertz CT molecular complexity index is 1200. The van der Waals surface area contributed by atoms with E-state index in [4.69, 9.17) is 14.7 Å². The third-order valence-corrected chi connectivity index (χ3v) is 9.09. The number of rotatable bonds is 14. The van der Waals surface area contributed by atoms with Gasteiger partial charge in [-0.05, 0) is 81.4 Å². The van der Waals surface area contributed by atoms with Crippen LogP contribution in [0, 0.1) is 0 Å². The average molecular weight is 609 g/mol. The summed E-state index contributed by atoms with van der Waals surface area (Å²) in [6, 6.07) is 16.2. The molecule has 10 nitrogen and oxygen atoms in total. The van der Waals surface area contributed by atoms with E-state index < -0.39 is 12.2 Å². The van der Waals surface area contributed by atoms with Gasteiger partial charge in [-0.15, -0.1) is 0 Å². The number of likely N-dealkylation sites (tertiary alicyclic amines) is 2. The topological polar surface area (TPSA) is 124 Å². The molecule has 2 aromatic rings. The Morgan fingerprint density at radius 3 is 2.39 bits per heavy atom. The molecular formula is C34H48N4O6. The van der Waals surface area contributed by atoms with E-state index in [9.17, 15) is 14.7 Å². The minimum absolute atomic E-state index is 0.00686. The fourth-order valence-electron chi connectivity index (χ4n) is 6.69. The van der Waals surface area contributed by atoms with Crippen LogP contribution in [-0.4, -0.2) is 76.8 Å². The zero-order valence-electron chi connectivity index (χ0n) is 25.7. The number of benzene rings is 2. The van der Waals surface area contributed by atoms with Crippen molar-refractivity contribution in [3.63, 3.8) is 0 Å². The Balaban J connectivity index is 1.23. The van der Waals surface area contributed by atoms with Crippen LogP contribution in [0.5, 0.6) is 0 Å². The van der Waals surface area contributed by atoms with Crippen LogP contribution < -0.4 is 10.8 Å². The molecule has 3 aliphatic rings. The van der Waals surface area contributed by atoms with Gasteiger partial charge in [-0.3, -0.25) is 19.7 Å². The first kappa shape index (κ1) is 32.5. The van der Waals surface area contributed by atoms with E-state index in [0.29, 0.717) is 31.0 Å². The van der Waals surface area contributed by atoms with Gasteiger partial charge >= 0.3 is 0 Å². The highest BCUT2D eigenvalue weighted by atomic mass is 16.7. The largest absolute Gasteiger partial charge is 0.392 e. The van der Waals surface area contributed by atoms with Crippen molar-refractivity contribution in [2.45, 2.75) is 95.4 Å². The maximum Gasteiger partial charge on any atom is 0.243 e. The van der Waals surface area contributed by atoms with Gasteiger partial charge in [0.2, 0.25) is 11.8 Å². The Hall–Kier alpha value is -2.86. The van der Waals surface area contributed by atoms with Gasteiger partial charge < -0.3 is 24.8 Å². The van der Waals surface area contributed by atoms with Gasteiger partial charge in [-0.25, -0.2) is 5.48 Å². The SMILES string of the molecule is O=C(CCCCCC(=O)Nc1cccc([C@@H]2O[C@H](CN3CCC[C@H]3CN3CCCC3)C[C@H](c3ccc(CO)cc3)O2)c1)NO. The zero-order valence-corrected chi connectivity index (χ0v) is 25.7. The molecule has 0 saturated carbocycles. The van der Waals surface area contributed by atoms with Crippen LogP contribution >= 0.6 is 0 Å². The maximum absolute atomic E-state index is 12.6. The molecule has 0 aliphatic carbocycles. The molecule has 4 N–H and O–H groups in total. The van der Waals surface area contributed by atoms with Crippen LogP contribution in [0.4, 0.5) is 5.69 Å². The predicted molar refractivity (Wildman–Crippen MR) is 167 cm³/mol. The number of amides is 2. The predicted octanol–water partition coefficient (Wildman–Crippen LogP) is 4.68. The van der Waals surface area contributed by atoms with E-state index in [-0.39, 0.29) is 31.1 Å². The molecule has 3 fully saturated rings. The fraction of sp³-hybridized carbons (Fsp3) is 0.588. The lowest BCUT2D eigenvalue weighted by molar-refractivity contribution is -0.253. The summed E-state index contributed by atoms with van der Waals surface area (Å²) in [6.45, 7) is 5.52. The Kier molecular flexibility index (Phi) is 12.2. The molecule has 10 heteroatoms. The highest BCUT2D eigenvalue weighted by Crippen LogP contribution is 2.39. The van der Waals surface area contributed by atoms with Crippen molar-refractivity contribution >= 4 is 17.5 Å². The number of ether oxygens (including phenoxy) is 2. The molecule has 44 heavy (non-hydrogen) atoms. The van der Waals surface area contributed by atoms with Crippen molar-refractivity contribution in [3.05, 3.63) is 65.2 Å². The molecule has 0 spiro atoms. The highest BCUT2D eigenvalue weighted by molar-refractivity contribution is 5.90. The minimum Gasteiger partial charge on any atom is -0.392 e. The summed E-state index contributed by atoms with van der Waals surface area (Å²) >= 11 is 0. The second kappa shape index (κ2) is 16.5. The number of unbranched alkanes of at least 4 members (excludes halogenated alkanes) is 2. The fourth-order valence-corrected chi connectivity index (χ4v) is 6.69. The van der Waals surface area contributed by atoms with Crippen molar-refractivity contribution in [3.8, 4) is 0 Å². The molecule has 3 saturated heterocycles. The summed E-state index contributed by atoms with van der Waals surface area (Å²) < 4.78 is 13.2. The van der Waals surface area contributed by atoms with Gasteiger partial charge in [0.05, 0.1) is 18.8 Å². The third kappa shape index (κ3) is 9.32. The minimum atomic E-state index is -0.578. The first-order valence-corrected chi connectivity index (χ1v) is 16.3. The average Bonchev–Trinajstić information content (AvgIpc) is 3.73. The van der Waals surface area contributed by atoms with Crippen molar-refractivity contribution in [1.29, 1.82) is 0 Å². The molecule has 3 heterocycles. The lowest BCUT2D eigenvalue weighted by atomic mass is 9.99. The molecule has 240 valence electrons. The van der Waals surface area contributed by atoms with Gasteiger partial charge in [-0.1, -0.05) is 42.8 Å². The number of hydrogen-bond donors (Lipinski definition) is 4. The van der Waals surface area contributed by atoms with Gasteiger partial charge in [0, 0.05) is 49.6 Å². The normalized spacial score (nSPS) is 24.4. The maximum atomic E-state index is 12.6. The molecule has 0 aromatic heterocycles. The summed E-state index contributed by atoms with van der Waals surface area (Å²) in [7, 11) is 0. The molecule has 2 aromatic carbocycles. The van der Waals surface area contributed by atoms with E-state index in [1.165, 1.54) is 38.8 Å². The Labute approximate surface area is 260 Å². The highest BCUT2D eigenvalue weighted by Gasteiger charge is 2.36. The Morgan fingerprint density at radius 2 is 1.64 bits per heavy atom. The van der Waals surface area contributed by atoms with Gasteiger partial charge in [-0.2, -0.15) is 0 Å². The number of carbonyl (C=O) groups is 2. The van der Waals surface area contributed by atoms with Gasteiger partial charge in [0.1, 0.15) is 0 Å². The molecule has 3 aliphatic heterocycles. The number of nitrogens with zero attached hydrogens (tertiary/aromatic N) is 2. The van der Waals surface area contributed by atoms with Gasteiger partial charge in [0.15, 0.2) is 6.29 Å². The van der Waals surface area contributed by atoms with Gasteiger partial charge in [0.25, 0.3) is 0 Å². The Morgan fingerprint density at radius 1 is 0.864 bits per heavy atom. The summed E-state index contributed by atoms with van der Waals surface area (Å²) in [5.41, 5.74) is 5.11. The van der Waals surface area contributed by atoms with E-state index in [2.05, 4.69) is 15.1 Å². The molecule has 0 bridgehead atoms. The van der Waals surface area contributed by atoms with Crippen LogP contribution in [0.1, 0.15) is 93.3 Å². The first-order valence-electron chi connectivity index (χ1n) is 16.3. The number of nitrogens with one attached hydrogen (secondary N) is 2. The van der Waals surface area contributed by atoms with E-state index >= 15 is 0 Å². The third-order valence-electron chi connectivity index (χ3n) is 9.09. The summed E-state index contributed by atoms with van der Waals surface area (Å²) in [5, 5.41) is 21.1. The molecule has 4 atom stereocenters. The zero-order chi connectivity index (χ0) is 30.7. The summed E-state index contributed by atoms with van der Waals surface area (Å²) in [6.07, 6.45) is 7.66. The first-order chi connectivity index (χ1) is 21.5. The van der Waals surface area contributed by atoms with Crippen molar-refractivity contribution in [2.24, 2.45) is 0 Å². The van der Waals surface area contributed by atoms with E-state index in [0.717, 1.165) is 49.2 Å². The number of hydrogen-bond acceptors (Lipinski definition) is 8. The van der Waals surface area contributed by atoms with Crippen molar-refractivity contribution in [1.82, 2.24) is 15.3 Å². The van der Waals surface area contributed by atoms with Crippen LogP contribution in [0.3, 0.4) is 0 Å². The monoisotopic (exact) mass is 608 g/mol. The van der Waals surface area contributed by atoms with Crippen molar-refractivity contribution < 1.29 is 29.4 Å². The molecule has 0 unspecified atom stereocenters. The number of hydroxylamine groups is 1. The standard InChI is InChI=1S/C34H48N4O6/c39-24-25-13-15-26(16-14-25)31-21-30(23-38-19-7-10-29(38)22-37-17-4-5-18-37)43-34(44-31)27-8-6-9-28(20-27)35-32(40)11-2-1-3-12-33(41)36-42/h6,8-9,13-16,20,29-31,34,39,42H,1-5,7,10-12,17-19,21-24H2,(H,35,40)(H,36,41)/t29-,30-,31+,34+/m0/s1. The van der Waals surface area contributed by atoms with Crippen molar-refractivity contribution in [2.75, 3.05) is 38.0 Å². The lowest BCUT2D eigenvalue weighted by Crippen LogP contribution is -2.45. The number of carbonyl (C=O) groups excluding carboxylic acids is 2. The second-order valence-corrected chi connectivity index (χ2v) is 12.4. The molecular weight excluding hydrogens is 560 g/mol. The smallest absolute Gasteiger partial charge is 0.243 e. The summed E-state index contributed by atoms with van der Waals surface area (Å²) in [4.78, 5) is 29.0. The number of anilines is 1. The summed E-state index contributed by atoms with van der Waals surface area (Å²) in [5.74, 6) is -0.496.